The van der Waals surface area contributed by atoms with Crippen LogP contribution in [0.4, 0.5) is 0 Å². The van der Waals surface area contributed by atoms with Crippen molar-refractivity contribution in [3.63, 3.8) is 0 Å². The van der Waals surface area contributed by atoms with Gasteiger partial charge in [-0.1, -0.05) is 48.8 Å². The summed E-state index contributed by atoms with van der Waals surface area (Å²) in [5.41, 5.74) is 3.92. The number of fused-ring (bicyclic) bond motifs is 1. The Kier molecular flexibility index (Phi) is 5.53. The number of amides is 1. The second kappa shape index (κ2) is 8.39. The lowest BCUT2D eigenvalue weighted by Gasteiger charge is -2.27. The van der Waals surface area contributed by atoms with E-state index in [1.807, 2.05) is 30.3 Å². The predicted molar refractivity (Wildman–Crippen MR) is 106 cm³/mol. The minimum atomic E-state index is -0.212. The van der Waals surface area contributed by atoms with E-state index in [-0.39, 0.29) is 5.91 Å². The lowest BCUT2D eigenvalue weighted by molar-refractivity contribution is 0.0950. The zero-order valence-corrected chi connectivity index (χ0v) is 16.1. The van der Waals surface area contributed by atoms with Gasteiger partial charge in [0.25, 0.3) is 5.91 Å². The maximum Gasteiger partial charge on any atom is 0.257 e. The first-order valence-corrected chi connectivity index (χ1v) is 9.80. The molecule has 1 aliphatic rings. The Balaban J connectivity index is 1.39. The Hall–Kier alpha value is -2.93. The number of hydrogen-bond donors (Lipinski definition) is 1. The van der Waals surface area contributed by atoms with Crippen molar-refractivity contribution in [1.82, 2.24) is 25.2 Å². The lowest BCUT2D eigenvalue weighted by Crippen LogP contribution is -2.34. The third-order valence-electron chi connectivity index (χ3n) is 5.05. The standard InChI is InChI=1S/C21H25N5O2/c1-2-3-9-25-10-11-26-18(14-25)12-17(23-26)13-22-21(27)19-15-28-24-20(19)16-7-5-4-6-8-16/h4-8,12,15H,2-3,9-11,13-14H2,1H3,(H,22,27). The molecule has 0 atom stereocenters. The minimum absolute atomic E-state index is 0.212. The highest BCUT2D eigenvalue weighted by Crippen LogP contribution is 2.22. The molecular formula is C21H25N5O2. The molecule has 0 saturated heterocycles. The third kappa shape index (κ3) is 3.99. The number of hydrogen-bond acceptors (Lipinski definition) is 5. The molecule has 146 valence electrons. The molecule has 7 heteroatoms. The van der Waals surface area contributed by atoms with Crippen LogP contribution in [0.3, 0.4) is 0 Å². The smallest absolute Gasteiger partial charge is 0.257 e. The van der Waals surface area contributed by atoms with Gasteiger partial charge < -0.3 is 9.84 Å². The summed E-state index contributed by atoms with van der Waals surface area (Å²) in [7, 11) is 0. The summed E-state index contributed by atoms with van der Waals surface area (Å²) in [5.74, 6) is -0.212. The topological polar surface area (TPSA) is 76.2 Å². The van der Waals surface area contributed by atoms with Crippen LogP contribution in [0.15, 0.2) is 47.2 Å². The van der Waals surface area contributed by atoms with E-state index >= 15 is 0 Å². The summed E-state index contributed by atoms with van der Waals surface area (Å²) in [5, 5.41) is 11.6. The number of rotatable bonds is 7. The van der Waals surface area contributed by atoms with Gasteiger partial charge in [0.15, 0.2) is 0 Å². The Labute approximate surface area is 164 Å². The van der Waals surface area contributed by atoms with Crippen LogP contribution in [0.2, 0.25) is 0 Å². The van der Waals surface area contributed by atoms with Crippen molar-refractivity contribution in [2.24, 2.45) is 0 Å². The number of unbranched alkanes of at least 4 members (excludes halogenated alkanes) is 1. The van der Waals surface area contributed by atoms with Crippen LogP contribution in [0.25, 0.3) is 11.3 Å². The van der Waals surface area contributed by atoms with Gasteiger partial charge in [0.1, 0.15) is 17.5 Å². The second-order valence-corrected chi connectivity index (χ2v) is 7.11. The van der Waals surface area contributed by atoms with E-state index in [2.05, 4.69) is 38.1 Å². The van der Waals surface area contributed by atoms with Gasteiger partial charge in [0, 0.05) is 18.7 Å². The third-order valence-corrected chi connectivity index (χ3v) is 5.05. The van der Waals surface area contributed by atoms with E-state index in [0.717, 1.165) is 37.4 Å². The van der Waals surface area contributed by atoms with Crippen LogP contribution >= 0.6 is 0 Å². The molecule has 1 aliphatic heterocycles. The van der Waals surface area contributed by atoms with E-state index in [1.165, 1.54) is 24.8 Å². The van der Waals surface area contributed by atoms with Crippen molar-refractivity contribution in [2.75, 3.05) is 13.1 Å². The molecule has 3 aromatic rings. The largest absolute Gasteiger partial charge is 0.363 e. The molecule has 0 aliphatic carbocycles. The van der Waals surface area contributed by atoms with Gasteiger partial charge in [-0.25, -0.2) is 0 Å². The average molecular weight is 379 g/mol. The van der Waals surface area contributed by atoms with Crippen LogP contribution in [0, 0.1) is 0 Å². The number of benzene rings is 1. The van der Waals surface area contributed by atoms with Gasteiger partial charge >= 0.3 is 0 Å². The van der Waals surface area contributed by atoms with Crippen molar-refractivity contribution in [3.8, 4) is 11.3 Å². The molecule has 1 amide bonds. The monoisotopic (exact) mass is 379 g/mol. The maximum atomic E-state index is 12.6. The van der Waals surface area contributed by atoms with Crippen molar-refractivity contribution in [1.29, 1.82) is 0 Å². The van der Waals surface area contributed by atoms with Crippen LogP contribution < -0.4 is 5.32 Å². The van der Waals surface area contributed by atoms with E-state index in [0.29, 0.717) is 17.8 Å². The van der Waals surface area contributed by atoms with Crippen LogP contribution in [0.5, 0.6) is 0 Å². The molecular weight excluding hydrogens is 354 g/mol. The molecule has 7 nitrogen and oxygen atoms in total. The fraction of sp³-hybridized carbons (Fsp3) is 0.381. The highest BCUT2D eigenvalue weighted by molar-refractivity contribution is 5.99. The zero-order valence-electron chi connectivity index (χ0n) is 16.1. The molecule has 0 unspecified atom stereocenters. The molecule has 3 heterocycles. The quantitative estimate of drug-likeness (QED) is 0.683. The highest BCUT2D eigenvalue weighted by atomic mass is 16.5. The molecule has 2 aromatic heterocycles. The van der Waals surface area contributed by atoms with Crippen molar-refractivity contribution in [2.45, 2.75) is 39.4 Å². The van der Waals surface area contributed by atoms with E-state index < -0.39 is 0 Å². The Morgan fingerprint density at radius 3 is 2.93 bits per heavy atom. The second-order valence-electron chi connectivity index (χ2n) is 7.11. The van der Waals surface area contributed by atoms with Crippen LogP contribution in [-0.4, -0.2) is 38.8 Å². The van der Waals surface area contributed by atoms with Crippen molar-refractivity contribution >= 4 is 5.91 Å². The molecule has 28 heavy (non-hydrogen) atoms. The Morgan fingerprint density at radius 2 is 2.11 bits per heavy atom. The average Bonchev–Trinajstić information content (AvgIpc) is 3.37. The summed E-state index contributed by atoms with van der Waals surface area (Å²) < 4.78 is 7.10. The molecule has 0 saturated carbocycles. The van der Waals surface area contributed by atoms with E-state index in [4.69, 9.17) is 4.52 Å². The summed E-state index contributed by atoms with van der Waals surface area (Å²) >= 11 is 0. The fourth-order valence-electron chi connectivity index (χ4n) is 3.51. The first kappa shape index (κ1) is 18.4. The van der Waals surface area contributed by atoms with E-state index in [9.17, 15) is 4.79 Å². The van der Waals surface area contributed by atoms with Gasteiger partial charge in [0.05, 0.1) is 24.5 Å². The lowest BCUT2D eigenvalue weighted by atomic mass is 10.1. The normalized spacial score (nSPS) is 14.0. The molecule has 1 N–H and O–H groups in total. The number of nitrogens with zero attached hydrogens (tertiary/aromatic N) is 4. The molecule has 0 spiro atoms. The summed E-state index contributed by atoms with van der Waals surface area (Å²) in [6.07, 6.45) is 3.82. The highest BCUT2D eigenvalue weighted by Gasteiger charge is 2.20. The van der Waals surface area contributed by atoms with Gasteiger partial charge in [0.2, 0.25) is 0 Å². The van der Waals surface area contributed by atoms with E-state index in [1.54, 1.807) is 0 Å². The van der Waals surface area contributed by atoms with Gasteiger partial charge in [-0.2, -0.15) is 5.10 Å². The molecule has 0 radical (unpaired) electrons. The maximum absolute atomic E-state index is 12.6. The fourth-order valence-corrected chi connectivity index (χ4v) is 3.51. The Bertz CT molecular complexity index is 931. The van der Waals surface area contributed by atoms with Crippen molar-refractivity contribution in [3.05, 3.63) is 59.6 Å². The van der Waals surface area contributed by atoms with Gasteiger partial charge in [-0.15, -0.1) is 0 Å². The SMILES string of the molecule is CCCCN1CCn2nc(CNC(=O)c3conc3-c3ccccc3)cc2C1. The molecule has 4 rings (SSSR count). The number of aromatic nitrogens is 3. The molecule has 1 aromatic carbocycles. The van der Waals surface area contributed by atoms with Crippen molar-refractivity contribution < 1.29 is 9.32 Å². The number of carbonyl (C=O) groups excluding carboxylic acids is 1. The number of nitrogens with one attached hydrogen (secondary N) is 1. The van der Waals surface area contributed by atoms with Crippen LogP contribution in [-0.2, 0) is 19.6 Å². The first-order valence-electron chi connectivity index (χ1n) is 9.80. The van der Waals surface area contributed by atoms with Crippen LogP contribution in [0.1, 0.15) is 41.5 Å². The number of carbonyl (C=O) groups is 1. The summed E-state index contributed by atoms with van der Waals surface area (Å²) in [4.78, 5) is 15.1. The minimum Gasteiger partial charge on any atom is -0.363 e. The first-order chi connectivity index (χ1) is 13.7. The molecule has 0 fully saturated rings. The van der Waals surface area contributed by atoms with Gasteiger partial charge in [-0.3, -0.25) is 14.4 Å². The zero-order chi connectivity index (χ0) is 19.3. The molecule has 0 bridgehead atoms. The van der Waals surface area contributed by atoms with Gasteiger partial charge in [-0.05, 0) is 19.0 Å². The predicted octanol–water partition coefficient (Wildman–Crippen LogP) is 3.08. The summed E-state index contributed by atoms with van der Waals surface area (Å²) in [6.45, 7) is 6.58. The Morgan fingerprint density at radius 1 is 1.25 bits per heavy atom. The summed E-state index contributed by atoms with van der Waals surface area (Å²) in [6, 6.07) is 11.6.